The number of benzene rings is 1. The maximum atomic E-state index is 11.9. The second-order valence-corrected chi connectivity index (χ2v) is 3.89. The van der Waals surface area contributed by atoms with Gasteiger partial charge in [0.15, 0.2) is 0 Å². The molecule has 0 saturated carbocycles. The van der Waals surface area contributed by atoms with Gasteiger partial charge in [0.1, 0.15) is 5.75 Å². The van der Waals surface area contributed by atoms with Gasteiger partial charge in [-0.05, 0) is 23.6 Å². The van der Waals surface area contributed by atoms with Crippen molar-refractivity contribution in [1.29, 1.82) is 0 Å². The van der Waals surface area contributed by atoms with Crippen molar-refractivity contribution < 1.29 is 17.9 Å². The summed E-state index contributed by atoms with van der Waals surface area (Å²) in [5.74, 6) is 0.00147. The van der Waals surface area contributed by atoms with E-state index in [1.54, 1.807) is 12.1 Å². The summed E-state index contributed by atoms with van der Waals surface area (Å²) in [6.45, 7) is 3.90. The molecule has 0 heterocycles. The highest BCUT2D eigenvalue weighted by molar-refractivity contribution is 5.29. The van der Waals surface area contributed by atoms with Crippen LogP contribution in [0.1, 0.15) is 25.5 Å². The van der Waals surface area contributed by atoms with E-state index in [9.17, 15) is 13.2 Å². The molecular formula is C11H14F3NO. The van der Waals surface area contributed by atoms with Crippen LogP contribution < -0.4 is 10.5 Å². The third kappa shape index (κ3) is 3.73. The van der Waals surface area contributed by atoms with E-state index in [2.05, 4.69) is 4.74 Å². The van der Waals surface area contributed by atoms with Crippen LogP contribution in [0.15, 0.2) is 24.3 Å². The Bertz CT molecular complexity index is 332. The van der Waals surface area contributed by atoms with E-state index in [4.69, 9.17) is 5.73 Å². The Balaban J connectivity index is 2.76. The fourth-order valence-electron chi connectivity index (χ4n) is 1.28. The molecule has 1 rings (SSSR count). The standard InChI is InChI=1S/C11H14F3NO/c1-7(2)10(15)8-3-5-9(6-4-8)16-11(12,13)14/h3-7,10H,15H2,1-2H3. The van der Waals surface area contributed by atoms with Crippen LogP contribution in [-0.4, -0.2) is 6.36 Å². The summed E-state index contributed by atoms with van der Waals surface area (Å²) in [6.07, 6.45) is -4.65. The van der Waals surface area contributed by atoms with Crippen LogP contribution in [0.25, 0.3) is 0 Å². The second kappa shape index (κ2) is 4.74. The molecule has 0 amide bonds. The molecule has 16 heavy (non-hydrogen) atoms. The van der Waals surface area contributed by atoms with Crippen LogP contribution in [0.5, 0.6) is 5.75 Å². The maximum absolute atomic E-state index is 11.9. The van der Waals surface area contributed by atoms with E-state index in [1.165, 1.54) is 12.1 Å². The zero-order valence-electron chi connectivity index (χ0n) is 9.08. The molecule has 0 bridgehead atoms. The fraction of sp³-hybridized carbons (Fsp3) is 0.455. The quantitative estimate of drug-likeness (QED) is 0.869. The van der Waals surface area contributed by atoms with Gasteiger partial charge < -0.3 is 10.5 Å². The lowest BCUT2D eigenvalue weighted by molar-refractivity contribution is -0.274. The number of nitrogens with two attached hydrogens (primary N) is 1. The van der Waals surface area contributed by atoms with E-state index < -0.39 is 6.36 Å². The highest BCUT2D eigenvalue weighted by atomic mass is 19.4. The smallest absolute Gasteiger partial charge is 0.406 e. The predicted molar refractivity (Wildman–Crippen MR) is 54.9 cm³/mol. The molecule has 0 aliphatic heterocycles. The second-order valence-electron chi connectivity index (χ2n) is 3.89. The number of hydrogen-bond acceptors (Lipinski definition) is 2. The first-order valence-corrected chi connectivity index (χ1v) is 4.91. The molecule has 1 atom stereocenters. The van der Waals surface area contributed by atoms with Crippen LogP contribution >= 0.6 is 0 Å². The Kier molecular flexibility index (Phi) is 3.80. The lowest BCUT2D eigenvalue weighted by Crippen LogP contribution is -2.18. The summed E-state index contributed by atoms with van der Waals surface area (Å²) in [6, 6.07) is 5.45. The molecule has 5 heteroatoms. The average Bonchev–Trinajstić information content (AvgIpc) is 2.15. The largest absolute Gasteiger partial charge is 0.573 e. The van der Waals surface area contributed by atoms with Crippen LogP contribution in [0, 0.1) is 5.92 Å². The molecule has 0 aromatic heterocycles. The van der Waals surface area contributed by atoms with Gasteiger partial charge in [0, 0.05) is 6.04 Å². The Morgan fingerprint density at radius 2 is 1.62 bits per heavy atom. The third-order valence-electron chi connectivity index (χ3n) is 2.22. The molecule has 0 aliphatic rings. The van der Waals surface area contributed by atoms with Crippen molar-refractivity contribution in [3.63, 3.8) is 0 Å². The van der Waals surface area contributed by atoms with Crippen molar-refractivity contribution in [2.45, 2.75) is 26.3 Å². The van der Waals surface area contributed by atoms with E-state index in [0.717, 1.165) is 5.56 Å². The molecule has 2 N–H and O–H groups in total. The van der Waals surface area contributed by atoms with Crippen LogP contribution in [-0.2, 0) is 0 Å². The van der Waals surface area contributed by atoms with E-state index in [-0.39, 0.29) is 17.7 Å². The number of rotatable bonds is 3. The van der Waals surface area contributed by atoms with Crippen molar-refractivity contribution in [2.24, 2.45) is 11.7 Å². The van der Waals surface area contributed by atoms with Gasteiger partial charge in [-0.3, -0.25) is 0 Å². The molecule has 1 aromatic carbocycles. The maximum Gasteiger partial charge on any atom is 0.573 e. The van der Waals surface area contributed by atoms with Crippen molar-refractivity contribution in [2.75, 3.05) is 0 Å². The van der Waals surface area contributed by atoms with Gasteiger partial charge in [0.2, 0.25) is 0 Å². The number of halogens is 3. The predicted octanol–water partition coefficient (Wildman–Crippen LogP) is 3.24. The molecule has 0 spiro atoms. The summed E-state index contributed by atoms with van der Waals surface area (Å²) >= 11 is 0. The van der Waals surface area contributed by atoms with Gasteiger partial charge in [-0.15, -0.1) is 13.2 Å². The minimum Gasteiger partial charge on any atom is -0.406 e. The number of ether oxygens (including phenoxy) is 1. The minimum atomic E-state index is -4.65. The highest BCUT2D eigenvalue weighted by Gasteiger charge is 2.31. The molecule has 90 valence electrons. The summed E-state index contributed by atoms with van der Waals surface area (Å²) < 4.78 is 39.4. The van der Waals surface area contributed by atoms with Crippen molar-refractivity contribution in [3.8, 4) is 5.75 Å². The van der Waals surface area contributed by atoms with Crippen molar-refractivity contribution >= 4 is 0 Å². The van der Waals surface area contributed by atoms with Gasteiger partial charge in [-0.2, -0.15) is 0 Å². The highest BCUT2D eigenvalue weighted by Crippen LogP contribution is 2.25. The van der Waals surface area contributed by atoms with E-state index in [0.29, 0.717) is 0 Å². The molecule has 0 fully saturated rings. The number of hydrogen-bond donors (Lipinski definition) is 1. The molecule has 0 radical (unpaired) electrons. The van der Waals surface area contributed by atoms with Crippen molar-refractivity contribution in [3.05, 3.63) is 29.8 Å². The lowest BCUT2D eigenvalue weighted by atomic mass is 9.97. The summed E-state index contributed by atoms with van der Waals surface area (Å²) in [4.78, 5) is 0. The Hall–Kier alpha value is -1.23. The molecule has 1 aromatic rings. The summed E-state index contributed by atoms with van der Waals surface area (Å²) in [5, 5.41) is 0. The molecule has 0 aliphatic carbocycles. The first-order chi connectivity index (χ1) is 7.29. The fourth-order valence-corrected chi connectivity index (χ4v) is 1.28. The van der Waals surface area contributed by atoms with E-state index in [1.807, 2.05) is 13.8 Å². The number of alkyl halides is 3. The first-order valence-electron chi connectivity index (χ1n) is 4.91. The molecule has 2 nitrogen and oxygen atoms in total. The zero-order chi connectivity index (χ0) is 12.3. The van der Waals surface area contributed by atoms with Crippen LogP contribution in [0.2, 0.25) is 0 Å². The monoisotopic (exact) mass is 233 g/mol. The molecular weight excluding hydrogens is 219 g/mol. The van der Waals surface area contributed by atoms with Crippen LogP contribution in [0.3, 0.4) is 0 Å². The van der Waals surface area contributed by atoms with Gasteiger partial charge in [0.25, 0.3) is 0 Å². The normalized spacial score (nSPS) is 13.9. The zero-order valence-corrected chi connectivity index (χ0v) is 9.08. The van der Waals surface area contributed by atoms with Gasteiger partial charge in [0.05, 0.1) is 0 Å². The Morgan fingerprint density at radius 1 is 1.12 bits per heavy atom. The first kappa shape index (κ1) is 12.8. The summed E-state index contributed by atoms with van der Waals surface area (Å²) in [5.41, 5.74) is 6.65. The minimum absolute atomic E-state index is 0.181. The molecule has 1 unspecified atom stereocenters. The molecule has 0 saturated heterocycles. The van der Waals surface area contributed by atoms with Gasteiger partial charge >= 0.3 is 6.36 Å². The summed E-state index contributed by atoms with van der Waals surface area (Å²) in [7, 11) is 0. The van der Waals surface area contributed by atoms with E-state index >= 15 is 0 Å². The van der Waals surface area contributed by atoms with Gasteiger partial charge in [-0.25, -0.2) is 0 Å². The average molecular weight is 233 g/mol. The SMILES string of the molecule is CC(C)C(N)c1ccc(OC(F)(F)F)cc1. The van der Waals surface area contributed by atoms with Crippen LogP contribution in [0.4, 0.5) is 13.2 Å². The topological polar surface area (TPSA) is 35.2 Å². The Morgan fingerprint density at radius 3 is 2.00 bits per heavy atom. The Labute approximate surface area is 92.2 Å². The van der Waals surface area contributed by atoms with Crippen molar-refractivity contribution in [1.82, 2.24) is 0 Å². The lowest BCUT2D eigenvalue weighted by Gasteiger charge is -2.16. The van der Waals surface area contributed by atoms with Gasteiger partial charge in [-0.1, -0.05) is 26.0 Å². The third-order valence-corrected chi connectivity index (χ3v) is 2.22.